The third kappa shape index (κ3) is 2.77. The first-order valence-corrected chi connectivity index (χ1v) is 6.52. The van der Waals surface area contributed by atoms with E-state index in [1.54, 1.807) is 0 Å². The van der Waals surface area contributed by atoms with Gasteiger partial charge in [0.25, 0.3) is 0 Å². The number of hydrogen-bond donors (Lipinski definition) is 0. The third-order valence-electron chi connectivity index (χ3n) is 2.16. The lowest BCUT2D eigenvalue weighted by atomic mass is 10.2. The van der Waals surface area contributed by atoms with E-state index in [1.165, 1.54) is 23.8 Å². The summed E-state index contributed by atoms with van der Waals surface area (Å²) in [5.74, 6) is 0.0248. The summed E-state index contributed by atoms with van der Waals surface area (Å²) in [4.78, 5) is 15.4. The highest BCUT2D eigenvalue weighted by atomic mass is 79.9. The second-order valence-electron chi connectivity index (χ2n) is 3.49. The van der Waals surface area contributed by atoms with Gasteiger partial charge < -0.3 is 0 Å². The molecular formula is C12H10BrNOS. The van der Waals surface area contributed by atoms with Gasteiger partial charge in [-0.25, -0.2) is 4.98 Å². The van der Waals surface area contributed by atoms with Crippen LogP contribution >= 0.6 is 27.3 Å². The number of carbonyl (C=O) groups is 1. The van der Waals surface area contributed by atoms with E-state index in [0.29, 0.717) is 5.69 Å². The minimum Gasteiger partial charge on any atom is -0.293 e. The molecule has 16 heavy (non-hydrogen) atoms. The molecule has 2 nitrogen and oxygen atoms in total. The fourth-order valence-electron chi connectivity index (χ4n) is 1.38. The summed E-state index contributed by atoms with van der Waals surface area (Å²) in [5.41, 5.74) is 1.76. The molecule has 2 rings (SSSR count). The van der Waals surface area contributed by atoms with Crippen LogP contribution in [0.5, 0.6) is 0 Å². The molecule has 0 bridgehead atoms. The Labute approximate surface area is 106 Å². The molecule has 0 aliphatic heterocycles. The number of aromatic nitrogens is 1. The van der Waals surface area contributed by atoms with Gasteiger partial charge in [-0.15, -0.1) is 11.3 Å². The number of thiazole rings is 1. The van der Waals surface area contributed by atoms with Crippen LogP contribution in [0.3, 0.4) is 0 Å². The number of nitrogens with zero attached hydrogens (tertiary/aromatic N) is 1. The number of Topliss-reactive ketones (excluding diaryl/α,β-unsaturated/α-hetero) is 1. The maximum atomic E-state index is 11.1. The molecule has 0 saturated carbocycles. The highest BCUT2D eigenvalue weighted by molar-refractivity contribution is 9.10. The van der Waals surface area contributed by atoms with Crippen molar-refractivity contribution in [1.82, 2.24) is 4.98 Å². The highest BCUT2D eigenvalue weighted by Crippen LogP contribution is 2.18. The van der Waals surface area contributed by atoms with Gasteiger partial charge in [-0.2, -0.15) is 0 Å². The lowest BCUT2D eigenvalue weighted by Crippen LogP contribution is -1.93. The molecule has 2 aromatic rings. The smallest absolute Gasteiger partial charge is 0.178 e. The molecule has 1 aromatic heterocycles. The van der Waals surface area contributed by atoms with Crippen molar-refractivity contribution in [3.05, 3.63) is 50.4 Å². The average Bonchev–Trinajstić information content (AvgIpc) is 2.66. The van der Waals surface area contributed by atoms with Gasteiger partial charge in [0.1, 0.15) is 5.69 Å². The summed E-state index contributed by atoms with van der Waals surface area (Å²) in [5, 5.41) is 2.79. The van der Waals surface area contributed by atoms with Crippen LogP contribution in [0.15, 0.2) is 34.1 Å². The molecule has 0 N–H and O–H groups in total. The van der Waals surface area contributed by atoms with Crippen molar-refractivity contribution in [2.75, 3.05) is 0 Å². The molecule has 1 heterocycles. The first-order valence-electron chi connectivity index (χ1n) is 4.85. The predicted molar refractivity (Wildman–Crippen MR) is 69.1 cm³/mol. The number of halogens is 1. The minimum absolute atomic E-state index is 0.0248. The van der Waals surface area contributed by atoms with E-state index in [1.807, 2.05) is 17.5 Å². The monoisotopic (exact) mass is 295 g/mol. The number of ketones is 1. The Morgan fingerprint density at radius 1 is 1.50 bits per heavy atom. The van der Waals surface area contributed by atoms with Gasteiger partial charge in [0.2, 0.25) is 0 Å². The summed E-state index contributed by atoms with van der Waals surface area (Å²) in [6.07, 6.45) is 0.775. The number of hydrogen-bond acceptors (Lipinski definition) is 3. The van der Waals surface area contributed by atoms with Crippen LogP contribution in [0.1, 0.15) is 28.0 Å². The molecule has 4 heteroatoms. The Balaban J connectivity index is 2.17. The molecule has 0 unspecified atom stereocenters. The molecular weight excluding hydrogens is 286 g/mol. The molecule has 82 valence electrons. The molecule has 0 atom stereocenters. The molecule has 0 spiro atoms. The first-order chi connectivity index (χ1) is 7.65. The standard InChI is InChI=1S/C12H10BrNOS/c1-8(15)11-7-16-12(14-11)6-9-3-2-4-10(13)5-9/h2-5,7H,6H2,1H3. The predicted octanol–water partition coefficient (Wildman–Crippen LogP) is 3.70. The SMILES string of the molecule is CC(=O)c1csc(Cc2cccc(Br)c2)n1. The van der Waals surface area contributed by atoms with E-state index in [9.17, 15) is 4.79 Å². The van der Waals surface area contributed by atoms with Crippen molar-refractivity contribution in [2.45, 2.75) is 13.3 Å². The van der Waals surface area contributed by atoms with E-state index in [2.05, 4.69) is 33.0 Å². The van der Waals surface area contributed by atoms with Crippen LogP contribution in [0, 0.1) is 0 Å². The molecule has 0 aliphatic carbocycles. The van der Waals surface area contributed by atoms with Crippen LogP contribution in [0.2, 0.25) is 0 Å². The van der Waals surface area contributed by atoms with Crippen molar-refractivity contribution >= 4 is 33.0 Å². The van der Waals surface area contributed by atoms with Crippen molar-refractivity contribution in [1.29, 1.82) is 0 Å². The lowest BCUT2D eigenvalue weighted by molar-refractivity contribution is 0.101. The number of carbonyl (C=O) groups excluding carboxylic acids is 1. The largest absolute Gasteiger partial charge is 0.293 e. The topological polar surface area (TPSA) is 30.0 Å². The molecule has 0 fully saturated rings. The summed E-state index contributed by atoms with van der Waals surface area (Å²) >= 11 is 4.96. The van der Waals surface area contributed by atoms with Gasteiger partial charge in [-0.1, -0.05) is 28.1 Å². The Kier molecular flexibility index (Phi) is 3.51. The van der Waals surface area contributed by atoms with Crippen LogP contribution < -0.4 is 0 Å². The lowest BCUT2D eigenvalue weighted by Gasteiger charge is -1.98. The normalized spacial score (nSPS) is 10.4. The van der Waals surface area contributed by atoms with Gasteiger partial charge in [0, 0.05) is 23.2 Å². The zero-order valence-electron chi connectivity index (χ0n) is 8.74. The molecule has 0 radical (unpaired) electrons. The maximum Gasteiger partial charge on any atom is 0.178 e. The third-order valence-corrected chi connectivity index (χ3v) is 3.50. The second-order valence-corrected chi connectivity index (χ2v) is 5.35. The van der Waals surface area contributed by atoms with Gasteiger partial charge in [0.05, 0.1) is 5.01 Å². The van der Waals surface area contributed by atoms with Crippen LogP contribution in [-0.2, 0) is 6.42 Å². The zero-order chi connectivity index (χ0) is 11.5. The fraction of sp³-hybridized carbons (Fsp3) is 0.167. The van der Waals surface area contributed by atoms with Gasteiger partial charge in [0.15, 0.2) is 5.78 Å². The van der Waals surface area contributed by atoms with E-state index in [4.69, 9.17) is 0 Å². The van der Waals surface area contributed by atoms with Gasteiger partial charge in [-0.05, 0) is 17.7 Å². The Bertz CT molecular complexity index is 521. The Morgan fingerprint density at radius 2 is 2.31 bits per heavy atom. The van der Waals surface area contributed by atoms with Crippen molar-refractivity contribution in [3.8, 4) is 0 Å². The van der Waals surface area contributed by atoms with E-state index < -0.39 is 0 Å². The van der Waals surface area contributed by atoms with E-state index >= 15 is 0 Å². The van der Waals surface area contributed by atoms with Crippen molar-refractivity contribution < 1.29 is 4.79 Å². The second kappa shape index (κ2) is 4.89. The van der Waals surface area contributed by atoms with Crippen molar-refractivity contribution in [3.63, 3.8) is 0 Å². The average molecular weight is 296 g/mol. The summed E-state index contributed by atoms with van der Waals surface area (Å²) in [6.45, 7) is 1.54. The Hall–Kier alpha value is -1.00. The van der Waals surface area contributed by atoms with Crippen molar-refractivity contribution in [2.24, 2.45) is 0 Å². The highest BCUT2D eigenvalue weighted by Gasteiger charge is 2.06. The summed E-state index contributed by atoms with van der Waals surface area (Å²) in [6, 6.07) is 8.11. The maximum absolute atomic E-state index is 11.1. The summed E-state index contributed by atoms with van der Waals surface area (Å²) < 4.78 is 1.06. The van der Waals surface area contributed by atoms with E-state index in [-0.39, 0.29) is 5.78 Å². The van der Waals surface area contributed by atoms with E-state index in [0.717, 1.165) is 15.9 Å². The quantitative estimate of drug-likeness (QED) is 0.808. The van der Waals surface area contributed by atoms with Crippen LogP contribution in [-0.4, -0.2) is 10.8 Å². The number of benzene rings is 1. The molecule has 0 saturated heterocycles. The Morgan fingerprint density at radius 3 is 2.94 bits per heavy atom. The van der Waals surface area contributed by atoms with Gasteiger partial charge in [-0.3, -0.25) is 4.79 Å². The number of rotatable bonds is 3. The minimum atomic E-state index is 0.0248. The molecule has 0 aliphatic rings. The van der Waals surface area contributed by atoms with Crippen LogP contribution in [0.25, 0.3) is 0 Å². The molecule has 1 aromatic carbocycles. The first kappa shape index (κ1) is 11.5. The molecule has 0 amide bonds. The summed E-state index contributed by atoms with van der Waals surface area (Å²) in [7, 11) is 0. The van der Waals surface area contributed by atoms with Crippen LogP contribution in [0.4, 0.5) is 0 Å². The zero-order valence-corrected chi connectivity index (χ0v) is 11.1. The van der Waals surface area contributed by atoms with Gasteiger partial charge >= 0.3 is 0 Å². The fourth-order valence-corrected chi connectivity index (χ4v) is 2.69.